The van der Waals surface area contributed by atoms with Gasteiger partial charge in [0.25, 0.3) is 0 Å². The minimum absolute atomic E-state index is 0.0458. The fourth-order valence-corrected chi connectivity index (χ4v) is 2.53. The summed E-state index contributed by atoms with van der Waals surface area (Å²) in [5, 5.41) is 14.9. The highest BCUT2D eigenvalue weighted by Crippen LogP contribution is 2.39. The fraction of sp³-hybridized carbons (Fsp3) is 0.444. The summed E-state index contributed by atoms with van der Waals surface area (Å²) in [7, 11) is 0. The van der Waals surface area contributed by atoms with Gasteiger partial charge in [-0.3, -0.25) is 0 Å². The molecule has 102 valence electrons. The zero-order chi connectivity index (χ0) is 13.6. The second-order valence-corrected chi connectivity index (χ2v) is 5.09. The van der Waals surface area contributed by atoms with Crippen molar-refractivity contribution in [3.63, 3.8) is 0 Å². The molecule has 1 atom stereocenters. The molecule has 1 aliphatic heterocycles. The summed E-state index contributed by atoms with van der Waals surface area (Å²) in [5.41, 5.74) is 5.79. The molecule has 1 aliphatic rings. The third-order valence-electron chi connectivity index (χ3n) is 2.79. The Morgan fingerprint density at radius 2 is 2.21 bits per heavy atom. The van der Waals surface area contributed by atoms with Crippen molar-refractivity contribution in [1.29, 1.82) is 0 Å². The topological polar surface area (TPSA) is 81.7 Å². The van der Waals surface area contributed by atoms with Crippen LogP contribution in [-0.4, -0.2) is 32.7 Å². The van der Waals surface area contributed by atoms with Gasteiger partial charge in [-0.05, 0) is 6.42 Å². The summed E-state index contributed by atoms with van der Waals surface area (Å²) in [6, 6.07) is -0.0829. The van der Waals surface area contributed by atoms with Gasteiger partial charge in [0.05, 0.1) is 0 Å². The number of fused-ring (bicyclic) bond motifs is 1. The Kier molecular flexibility index (Phi) is 2.62. The van der Waals surface area contributed by atoms with Crippen LogP contribution >= 0.6 is 11.3 Å². The maximum Gasteiger partial charge on any atom is 0.410 e. The van der Waals surface area contributed by atoms with E-state index in [0.717, 1.165) is 16.0 Å². The van der Waals surface area contributed by atoms with Crippen molar-refractivity contribution in [2.75, 3.05) is 17.6 Å². The Morgan fingerprint density at radius 1 is 1.42 bits per heavy atom. The molecule has 0 bridgehead atoms. The number of hydrogen-bond acceptors (Lipinski definition) is 6. The third-order valence-corrected chi connectivity index (χ3v) is 3.57. The molecule has 0 aromatic carbocycles. The smallest absolute Gasteiger partial charge is 0.374 e. The summed E-state index contributed by atoms with van der Waals surface area (Å²) in [5.74, 6) is 0.331. The SMILES string of the molecule is Nc1nnc(-c2cc3n(n2)[C@@H](C(F)(F)F)CCN3)s1. The van der Waals surface area contributed by atoms with Crippen molar-refractivity contribution in [3.05, 3.63) is 6.07 Å². The Bertz CT molecular complexity index is 603. The summed E-state index contributed by atoms with van der Waals surface area (Å²) in [6.45, 7) is 0.258. The maximum atomic E-state index is 12.9. The second kappa shape index (κ2) is 4.08. The average molecular weight is 290 g/mol. The molecule has 0 spiro atoms. The van der Waals surface area contributed by atoms with Crippen LogP contribution in [0.15, 0.2) is 6.07 Å². The zero-order valence-corrected chi connectivity index (χ0v) is 10.3. The highest BCUT2D eigenvalue weighted by atomic mass is 32.1. The predicted octanol–water partition coefficient (Wildman–Crippen LogP) is 1.90. The molecule has 0 fully saturated rings. The van der Waals surface area contributed by atoms with Crippen molar-refractivity contribution in [2.24, 2.45) is 0 Å². The van der Waals surface area contributed by atoms with Gasteiger partial charge in [-0.15, -0.1) is 10.2 Å². The van der Waals surface area contributed by atoms with Crippen LogP contribution in [0, 0.1) is 0 Å². The van der Waals surface area contributed by atoms with E-state index in [1.54, 1.807) is 0 Å². The molecule has 2 aromatic rings. The number of hydrogen-bond donors (Lipinski definition) is 2. The zero-order valence-electron chi connectivity index (χ0n) is 9.48. The van der Waals surface area contributed by atoms with Crippen LogP contribution in [-0.2, 0) is 0 Å². The monoisotopic (exact) mass is 290 g/mol. The van der Waals surface area contributed by atoms with Crippen LogP contribution in [0.5, 0.6) is 0 Å². The van der Waals surface area contributed by atoms with Crippen molar-refractivity contribution in [3.8, 4) is 10.7 Å². The van der Waals surface area contributed by atoms with Crippen molar-refractivity contribution < 1.29 is 13.2 Å². The molecule has 0 amide bonds. The Labute approximate surface area is 109 Å². The summed E-state index contributed by atoms with van der Waals surface area (Å²) in [6.07, 6.45) is -4.36. The van der Waals surface area contributed by atoms with Crippen LogP contribution in [0.25, 0.3) is 10.7 Å². The summed E-state index contributed by atoms with van der Waals surface area (Å²) < 4.78 is 39.7. The standard InChI is InChI=1S/C9H9F3N6S/c10-9(11,12)5-1-2-14-6-3-4(17-18(5)6)7-15-16-8(13)19-7/h3,5,14H,1-2H2,(H2,13,16)/t5-/m1/s1. The Morgan fingerprint density at radius 3 is 2.84 bits per heavy atom. The molecule has 3 heterocycles. The lowest BCUT2D eigenvalue weighted by atomic mass is 10.1. The van der Waals surface area contributed by atoms with E-state index in [1.807, 2.05) is 0 Å². The molecule has 0 saturated carbocycles. The molecule has 3 rings (SSSR count). The predicted molar refractivity (Wildman–Crippen MR) is 63.7 cm³/mol. The van der Waals surface area contributed by atoms with Crippen molar-refractivity contribution >= 4 is 22.3 Å². The minimum Gasteiger partial charge on any atom is -0.374 e. The normalized spacial score (nSPS) is 19.0. The number of anilines is 2. The molecule has 3 N–H and O–H groups in total. The van der Waals surface area contributed by atoms with Gasteiger partial charge < -0.3 is 11.1 Å². The number of nitrogens with one attached hydrogen (secondary N) is 1. The Balaban J connectivity index is 2.02. The molecule has 0 radical (unpaired) electrons. The van der Waals surface area contributed by atoms with E-state index >= 15 is 0 Å². The van der Waals surface area contributed by atoms with E-state index in [1.165, 1.54) is 6.07 Å². The number of nitrogens with two attached hydrogens (primary N) is 1. The van der Waals surface area contributed by atoms with E-state index < -0.39 is 12.2 Å². The third kappa shape index (κ3) is 2.11. The van der Waals surface area contributed by atoms with Gasteiger partial charge >= 0.3 is 6.18 Å². The molecular weight excluding hydrogens is 281 g/mol. The lowest BCUT2D eigenvalue weighted by Gasteiger charge is -2.27. The minimum atomic E-state index is -4.32. The van der Waals surface area contributed by atoms with E-state index in [4.69, 9.17) is 5.73 Å². The van der Waals surface area contributed by atoms with Gasteiger partial charge in [0.1, 0.15) is 11.5 Å². The van der Waals surface area contributed by atoms with Gasteiger partial charge in [-0.25, -0.2) is 4.68 Å². The van der Waals surface area contributed by atoms with Crippen LogP contribution in [0.1, 0.15) is 12.5 Å². The van der Waals surface area contributed by atoms with E-state index in [0.29, 0.717) is 16.5 Å². The van der Waals surface area contributed by atoms with E-state index in [2.05, 4.69) is 20.6 Å². The molecule has 19 heavy (non-hydrogen) atoms. The quantitative estimate of drug-likeness (QED) is 0.838. The molecule has 0 saturated heterocycles. The lowest BCUT2D eigenvalue weighted by Crippen LogP contribution is -2.33. The number of rotatable bonds is 1. The first-order chi connectivity index (χ1) is 8.95. The van der Waals surface area contributed by atoms with Crippen molar-refractivity contribution in [1.82, 2.24) is 20.0 Å². The largest absolute Gasteiger partial charge is 0.410 e. The lowest BCUT2D eigenvalue weighted by molar-refractivity contribution is -0.171. The van der Waals surface area contributed by atoms with Gasteiger partial charge in [0, 0.05) is 12.6 Å². The summed E-state index contributed by atoms with van der Waals surface area (Å²) in [4.78, 5) is 0. The molecule has 6 nitrogen and oxygen atoms in total. The summed E-state index contributed by atoms with van der Waals surface area (Å²) >= 11 is 1.08. The van der Waals surface area contributed by atoms with Crippen LogP contribution < -0.4 is 11.1 Å². The first-order valence-electron chi connectivity index (χ1n) is 5.44. The van der Waals surface area contributed by atoms with Crippen molar-refractivity contribution in [2.45, 2.75) is 18.6 Å². The number of nitrogen functional groups attached to an aromatic ring is 1. The number of aromatic nitrogens is 4. The number of nitrogens with zero attached hydrogens (tertiary/aromatic N) is 4. The fourth-order valence-electron chi connectivity index (χ4n) is 1.97. The van der Waals surface area contributed by atoms with Crippen LogP contribution in [0.2, 0.25) is 0 Å². The molecule has 2 aromatic heterocycles. The van der Waals surface area contributed by atoms with Gasteiger partial charge in [0.15, 0.2) is 11.0 Å². The highest BCUT2D eigenvalue weighted by Gasteiger charge is 2.44. The van der Waals surface area contributed by atoms with Gasteiger partial charge in [-0.1, -0.05) is 11.3 Å². The van der Waals surface area contributed by atoms with Gasteiger partial charge in [-0.2, -0.15) is 18.3 Å². The first-order valence-corrected chi connectivity index (χ1v) is 6.26. The van der Waals surface area contributed by atoms with E-state index in [9.17, 15) is 13.2 Å². The highest BCUT2D eigenvalue weighted by molar-refractivity contribution is 7.18. The molecule has 10 heteroatoms. The molecule has 0 unspecified atom stereocenters. The average Bonchev–Trinajstić information content (AvgIpc) is 2.92. The first kappa shape index (κ1) is 12.2. The second-order valence-electron chi connectivity index (χ2n) is 4.08. The van der Waals surface area contributed by atoms with Gasteiger partial charge in [0.2, 0.25) is 5.13 Å². The molecule has 0 aliphatic carbocycles. The maximum absolute atomic E-state index is 12.9. The molecular formula is C9H9F3N6S. The number of alkyl halides is 3. The number of halogens is 3. The van der Waals surface area contributed by atoms with Crippen LogP contribution in [0.4, 0.5) is 24.1 Å². The van der Waals surface area contributed by atoms with E-state index in [-0.39, 0.29) is 18.1 Å². The Hall–Kier alpha value is -1.84. The van der Waals surface area contributed by atoms with Crippen LogP contribution in [0.3, 0.4) is 0 Å².